The maximum atomic E-state index is 13.3. The van der Waals surface area contributed by atoms with Crippen molar-refractivity contribution < 1.29 is 8.78 Å². The molecule has 96 valence electrons. The monoisotopic (exact) mass is 259 g/mol. The van der Waals surface area contributed by atoms with Gasteiger partial charge in [-0.3, -0.25) is 4.57 Å². The molecule has 2 aromatic carbocycles. The Morgan fingerprint density at radius 2 is 1.84 bits per heavy atom. The first-order valence-electron chi connectivity index (χ1n) is 5.76. The summed E-state index contributed by atoms with van der Waals surface area (Å²) in [5, 5.41) is 0. The molecule has 0 radical (unpaired) electrons. The number of hydrogen-bond acceptors (Lipinski definition) is 2. The van der Waals surface area contributed by atoms with Crippen LogP contribution in [0.3, 0.4) is 0 Å². The number of aromatic nitrogens is 2. The summed E-state index contributed by atoms with van der Waals surface area (Å²) in [5.74, 6) is -1.56. The third kappa shape index (κ3) is 1.83. The summed E-state index contributed by atoms with van der Waals surface area (Å²) >= 11 is 0. The summed E-state index contributed by atoms with van der Waals surface area (Å²) in [6, 6.07) is 9.31. The van der Waals surface area contributed by atoms with Crippen molar-refractivity contribution in [3.05, 3.63) is 53.6 Å². The van der Waals surface area contributed by atoms with Gasteiger partial charge in [-0.2, -0.15) is 0 Å². The van der Waals surface area contributed by atoms with Crippen molar-refractivity contribution in [3.63, 3.8) is 0 Å². The first kappa shape index (κ1) is 11.6. The van der Waals surface area contributed by atoms with Crippen molar-refractivity contribution >= 4 is 17.0 Å². The highest BCUT2D eigenvalue weighted by Crippen LogP contribution is 2.24. The van der Waals surface area contributed by atoms with Crippen LogP contribution >= 0.6 is 0 Å². The first-order chi connectivity index (χ1) is 9.06. The number of halogens is 2. The largest absolute Gasteiger partial charge is 0.369 e. The SMILES string of the molecule is Cc1ccc2c(c1)nc(N)n2-c1ccc(F)c(F)c1. The number of benzene rings is 2. The van der Waals surface area contributed by atoms with E-state index < -0.39 is 11.6 Å². The van der Waals surface area contributed by atoms with Crippen LogP contribution in [0, 0.1) is 18.6 Å². The van der Waals surface area contributed by atoms with Crippen LogP contribution in [0.25, 0.3) is 16.7 Å². The van der Waals surface area contributed by atoms with Gasteiger partial charge < -0.3 is 5.73 Å². The highest BCUT2D eigenvalue weighted by atomic mass is 19.2. The predicted molar refractivity (Wildman–Crippen MR) is 70.1 cm³/mol. The first-order valence-corrected chi connectivity index (χ1v) is 5.76. The molecule has 3 aromatic rings. The number of nitrogens with zero attached hydrogens (tertiary/aromatic N) is 2. The molecule has 0 aliphatic heterocycles. The summed E-state index contributed by atoms with van der Waals surface area (Å²) in [4.78, 5) is 4.23. The van der Waals surface area contributed by atoms with E-state index in [1.54, 1.807) is 4.57 Å². The van der Waals surface area contributed by atoms with Gasteiger partial charge in [0, 0.05) is 6.07 Å². The van der Waals surface area contributed by atoms with Gasteiger partial charge in [-0.15, -0.1) is 0 Å². The molecular formula is C14H11F2N3. The smallest absolute Gasteiger partial charge is 0.205 e. The summed E-state index contributed by atoms with van der Waals surface area (Å²) < 4.78 is 27.9. The lowest BCUT2D eigenvalue weighted by Crippen LogP contribution is -2.01. The van der Waals surface area contributed by atoms with Crippen LogP contribution in [0.2, 0.25) is 0 Å². The average Bonchev–Trinajstić information content (AvgIpc) is 2.68. The molecule has 0 aliphatic rings. The van der Waals surface area contributed by atoms with E-state index in [1.165, 1.54) is 6.07 Å². The van der Waals surface area contributed by atoms with Gasteiger partial charge in [-0.25, -0.2) is 13.8 Å². The molecule has 0 amide bonds. The van der Waals surface area contributed by atoms with E-state index in [4.69, 9.17) is 5.73 Å². The zero-order chi connectivity index (χ0) is 13.6. The van der Waals surface area contributed by atoms with Gasteiger partial charge in [0.25, 0.3) is 0 Å². The van der Waals surface area contributed by atoms with Gasteiger partial charge in [0.15, 0.2) is 11.6 Å². The molecule has 1 heterocycles. The Balaban J connectivity index is 2.29. The van der Waals surface area contributed by atoms with Gasteiger partial charge in [0.1, 0.15) is 0 Å². The Hall–Kier alpha value is -2.43. The second-order valence-corrected chi connectivity index (χ2v) is 4.40. The standard InChI is InChI=1S/C14H11F2N3/c1-8-2-5-13-12(6-8)18-14(17)19(13)9-3-4-10(15)11(16)7-9/h2-7H,1H3,(H2,17,18). The van der Waals surface area contributed by atoms with Gasteiger partial charge >= 0.3 is 0 Å². The Morgan fingerprint density at radius 1 is 1.05 bits per heavy atom. The van der Waals surface area contributed by atoms with E-state index in [2.05, 4.69) is 4.98 Å². The Kier molecular flexibility index (Phi) is 2.48. The average molecular weight is 259 g/mol. The number of rotatable bonds is 1. The molecule has 0 bridgehead atoms. The van der Waals surface area contributed by atoms with Crippen LogP contribution < -0.4 is 5.73 Å². The molecule has 0 atom stereocenters. The van der Waals surface area contributed by atoms with Crippen LogP contribution in [0.1, 0.15) is 5.56 Å². The third-order valence-corrected chi connectivity index (χ3v) is 3.00. The quantitative estimate of drug-likeness (QED) is 0.729. The zero-order valence-corrected chi connectivity index (χ0v) is 10.2. The summed E-state index contributed by atoms with van der Waals surface area (Å²) in [5.41, 5.74) is 8.85. The second kappa shape index (κ2) is 4.05. The Morgan fingerprint density at radius 3 is 2.58 bits per heavy atom. The van der Waals surface area contributed by atoms with E-state index in [0.29, 0.717) is 5.69 Å². The summed E-state index contributed by atoms with van der Waals surface area (Å²) in [6.07, 6.45) is 0. The van der Waals surface area contributed by atoms with Crippen LogP contribution in [0.4, 0.5) is 14.7 Å². The number of fused-ring (bicyclic) bond motifs is 1. The van der Waals surface area contributed by atoms with E-state index in [1.807, 2.05) is 25.1 Å². The zero-order valence-electron chi connectivity index (χ0n) is 10.2. The number of aryl methyl sites for hydroxylation is 1. The van der Waals surface area contributed by atoms with Crippen molar-refractivity contribution in [1.82, 2.24) is 9.55 Å². The predicted octanol–water partition coefficient (Wildman–Crippen LogP) is 3.19. The van der Waals surface area contributed by atoms with Gasteiger partial charge in [-0.1, -0.05) is 6.07 Å². The lowest BCUT2D eigenvalue weighted by Gasteiger charge is -2.07. The van der Waals surface area contributed by atoms with Gasteiger partial charge in [0.2, 0.25) is 5.95 Å². The molecule has 0 unspecified atom stereocenters. The lowest BCUT2D eigenvalue weighted by atomic mass is 10.2. The third-order valence-electron chi connectivity index (χ3n) is 3.00. The second-order valence-electron chi connectivity index (χ2n) is 4.40. The number of hydrogen-bond donors (Lipinski definition) is 1. The minimum atomic E-state index is -0.911. The minimum absolute atomic E-state index is 0.242. The maximum absolute atomic E-state index is 13.3. The number of anilines is 1. The van der Waals surface area contributed by atoms with Crippen molar-refractivity contribution in [2.75, 3.05) is 5.73 Å². The molecule has 0 spiro atoms. The molecule has 3 rings (SSSR count). The molecule has 0 saturated heterocycles. The minimum Gasteiger partial charge on any atom is -0.369 e. The van der Waals surface area contributed by atoms with Crippen LogP contribution in [0.5, 0.6) is 0 Å². The molecule has 0 saturated carbocycles. The molecule has 0 aliphatic carbocycles. The van der Waals surface area contributed by atoms with E-state index in [9.17, 15) is 8.78 Å². The fourth-order valence-electron chi connectivity index (χ4n) is 2.10. The highest BCUT2D eigenvalue weighted by Gasteiger charge is 2.12. The van der Waals surface area contributed by atoms with Crippen molar-refractivity contribution in [2.24, 2.45) is 0 Å². The van der Waals surface area contributed by atoms with E-state index in [-0.39, 0.29) is 5.95 Å². The van der Waals surface area contributed by atoms with Crippen LogP contribution in [0.15, 0.2) is 36.4 Å². The Labute approximate surface area is 108 Å². The lowest BCUT2D eigenvalue weighted by molar-refractivity contribution is 0.508. The number of imidazole rings is 1. The molecule has 5 heteroatoms. The summed E-state index contributed by atoms with van der Waals surface area (Å²) in [6.45, 7) is 1.95. The highest BCUT2D eigenvalue weighted by molar-refractivity contribution is 5.81. The maximum Gasteiger partial charge on any atom is 0.205 e. The normalized spacial score (nSPS) is 11.1. The molecule has 19 heavy (non-hydrogen) atoms. The molecule has 0 fully saturated rings. The van der Waals surface area contributed by atoms with Crippen LogP contribution in [-0.4, -0.2) is 9.55 Å². The van der Waals surface area contributed by atoms with Crippen molar-refractivity contribution in [3.8, 4) is 5.69 Å². The van der Waals surface area contributed by atoms with Crippen molar-refractivity contribution in [1.29, 1.82) is 0 Å². The van der Waals surface area contributed by atoms with Crippen LogP contribution in [-0.2, 0) is 0 Å². The van der Waals surface area contributed by atoms with E-state index in [0.717, 1.165) is 28.7 Å². The van der Waals surface area contributed by atoms with Gasteiger partial charge in [-0.05, 0) is 36.8 Å². The number of nitrogens with two attached hydrogens (primary N) is 1. The Bertz CT molecular complexity index is 778. The molecule has 2 N–H and O–H groups in total. The number of nitrogen functional groups attached to an aromatic ring is 1. The van der Waals surface area contributed by atoms with Crippen molar-refractivity contribution in [2.45, 2.75) is 6.92 Å². The topological polar surface area (TPSA) is 43.8 Å². The fraction of sp³-hybridized carbons (Fsp3) is 0.0714. The fourth-order valence-corrected chi connectivity index (χ4v) is 2.10. The van der Waals surface area contributed by atoms with E-state index >= 15 is 0 Å². The summed E-state index contributed by atoms with van der Waals surface area (Å²) in [7, 11) is 0. The molecule has 3 nitrogen and oxygen atoms in total. The molecule has 1 aromatic heterocycles. The van der Waals surface area contributed by atoms with Gasteiger partial charge in [0.05, 0.1) is 16.7 Å². The molecular weight excluding hydrogens is 248 g/mol.